The van der Waals surface area contributed by atoms with Gasteiger partial charge in [0.15, 0.2) is 11.5 Å². The number of aromatic nitrogens is 5. The third-order valence-corrected chi connectivity index (χ3v) is 6.35. The molecule has 2 aliphatic rings. The third-order valence-electron chi connectivity index (χ3n) is 5.17. The highest BCUT2D eigenvalue weighted by atomic mass is 35.5. The molecular formula is C21H15ClN6S. The SMILES string of the molecule is Clc1ccc(C2=Nn3c(nnc3-c3cc4cccnc4nc3C3CC3)SC2)cc1. The molecule has 1 aromatic carbocycles. The molecule has 0 atom stereocenters. The van der Waals surface area contributed by atoms with Crippen LogP contribution >= 0.6 is 23.4 Å². The summed E-state index contributed by atoms with van der Waals surface area (Å²) in [6, 6.07) is 13.8. The van der Waals surface area contributed by atoms with Crippen molar-refractivity contribution in [2.45, 2.75) is 23.9 Å². The fourth-order valence-electron chi connectivity index (χ4n) is 3.55. The lowest BCUT2D eigenvalue weighted by Gasteiger charge is -2.15. The van der Waals surface area contributed by atoms with Crippen molar-refractivity contribution in [1.82, 2.24) is 24.8 Å². The molecule has 142 valence electrons. The maximum Gasteiger partial charge on any atom is 0.212 e. The van der Waals surface area contributed by atoms with E-state index in [1.807, 2.05) is 41.1 Å². The zero-order chi connectivity index (χ0) is 19.4. The molecular weight excluding hydrogens is 404 g/mol. The molecule has 1 aliphatic heterocycles. The van der Waals surface area contributed by atoms with Crippen LogP contribution in [0.4, 0.5) is 0 Å². The van der Waals surface area contributed by atoms with Gasteiger partial charge in [0.25, 0.3) is 0 Å². The maximum atomic E-state index is 6.04. The second-order valence-electron chi connectivity index (χ2n) is 7.21. The summed E-state index contributed by atoms with van der Waals surface area (Å²) in [5, 5.41) is 16.3. The Balaban J connectivity index is 1.52. The highest BCUT2D eigenvalue weighted by Crippen LogP contribution is 2.44. The van der Waals surface area contributed by atoms with Crippen LogP contribution in [0, 0.1) is 0 Å². The van der Waals surface area contributed by atoms with Gasteiger partial charge in [-0.2, -0.15) is 9.78 Å². The summed E-state index contributed by atoms with van der Waals surface area (Å²) in [4.78, 5) is 9.29. The summed E-state index contributed by atoms with van der Waals surface area (Å²) in [5.74, 6) is 1.94. The lowest BCUT2D eigenvalue weighted by molar-refractivity contribution is 0.761. The van der Waals surface area contributed by atoms with Gasteiger partial charge in [-0.15, -0.1) is 10.2 Å². The summed E-state index contributed by atoms with van der Waals surface area (Å²) >= 11 is 7.68. The van der Waals surface area contributed by atoms with Crippen LogP contribution in [0.15, 0.2) is 58.9 Å². The number of rotatable bonds is 3. The van der Waals surface area contributed by atoms with Crippen LogP contribution in [-0.2, 0) is 0 Å². The molecule has 1 saturated carbocycles. The van der Waals surface area contributed by atoms with Crippen molar-refractivity contribution in [3.05, 3.63) is 64.9 Å². The number of halogens is 1. The van der Waals surface area contributed by atoms with Crippen molar-refractivity contribution in [2.75, 3.05) is 5.75 Å². The van der Waals surface area contributed by atoms with E-state index >= 15 is 0 Å². The summed E-state index contributed by atoms with van der Waals surface area (Å²) in [6.07, 6.45) is 4.07. The van der Waals surface area contributed by atoms with Crippen molar-refractivity contribution in [3.8, 4) is 11.4 Å². The first-order valence-corrected chi connectivity index (χ1v) is 10.8. The largest absolute Gasteiger partial charge is 0.237 e. The van der Waals surface area contributed by atoms with Crippen molar-refractivity contribution in [3.63, 3.8) is 0 Å². The van der Waals surface area contributed by atoms with Crippen molar-refractivity contribution < 1.29 is 0 Å². The van der Waals surface area contributed by atoms with E-state index in [4.69, 9.17) is 21.7 Å². The number of pyridine rings is 2. The third kappa shape index (κ3) is 3.01. The van der Waals surface area contributed by atoms with E-state index in [-0.39, 0.29) is 0 Å². The van der Waals surface area contributed by atoms with Gasteiger partial charge in [-0.1, -0.05) is 35.5 Å². The Bertz CT molecular complexity index is 1280. The molecule has 0 bridgehead atoms. The van der Waals surface area contributed by atoms with Crippen LogP contribution < -0.4 is 0 Å². The topological polar surface area (TPSA) is 68.8 Å². The number of fused-ring (bicyclic) bond motifs is 2. The molecule has 6 rings (SSSR count). The number of hydrogen-bond acceptors (Lipinski definition) is 6. The van der Waals surface area contributed by atoms with Crippen LogP contribution in [-0.4, -0.2) is 36.3 Å². The standard InChI is InChI=1S/C21H15ClN6S/c22-15-7-5-12(6-8-15)17-11-29-21-26-25-20(28(21)27-17)16-10-14-2-1-9-23-19(14)24-18(16)13-3-4-13/h1-2,5-10,13H,3-4,11H2. The highest BCUT2D eigenvalue weighted by molar-refractivity contribution is 7.99. The average Bonchev–Trinajstić information content (AvgIpc) is 3.52. The lowest BCUT2D eigenvalue weighted by Crippen LogP contribution is -2.14. The monoisotopic (exact) mass is 418 g/mol. The van der Waals surface area contributed by atoms with Gasteiger partial charge in [-0.25, -0.2) is 9.97 Å². The molecule has 4 aromatic rings. The van der Waals surface area contributed by atoms with E-state index in [0.717, 1.165) is 63.1 Å². The van der Waals surface area contributed by atoms with Gasteiger partial charge in [-0.3, -0.25) is 0 Å². The van der Waals surface area contributed by atoms with E-state index in [1.165, 1.54) is 0 Å². The molecule has 0 unspecified atom stereocenters. The predicted molar refractivity (Wildman–Crippen MR) is 115 cm³/mol. The molecule has 8 heteroatoms. The number of nitrogens with zero attached hydrogens (tertiary/aromatic N) is 6. The van der Waals surface area contributed by atoms with Crippen molar-refractivity contribution in [1.29, 1.82) is 0 Å². The van der Waals surface area contributed by atoms with Crippen LogP contribution in [0.1, 0.15) is 30.0 Å². The molecule has 29 heavy (non-hydrogen) atoms. The van der Waals surface area contributed by atoms with Crippen LogP contribution in [0.25, 0.3) is 22.4 Å². The van der Waals surface area contributed by atoms with Crippen LogP contribution in [0.5, 0.6) is 0 Å². The zero-order valence-corrected chi connectivity index (χ0v) is 16.9. The predicted octanol–water partition coefficient (Wildman–Crippen LogP) is 4.78. The first-order chi connectivity index (χ1) is 14.3. The molecule has 6 nitrogen and oxygen atoms in total. The molecule has 0 amide bonds. The minimum Gasteiger partial charge on any atom is -0.237 e. The molecule has 3 aromatic heterocycles. The summed E-state index contributed by atoms with van der Waals surface area (Å²) < 4.78 is 1.85. The Hall–Kier alpha value is -2.77. The van der Waals surface area contributed by atoms with Gasteiger partial charge < -0.3 is 0 Å². The number of benzene rings is 1. The summed E-state index contributed by atoms with van der Waals surface area (Å²) in [5.41, 5.74) is 4.84. The summed E-state index contributed by atoms with van der Waals surface area (Å²) in [7, 11) is 0. The number of hydrogen-bond donors (Lipinski definition) is 0. The minimum atomic E-state index is 0.459. The minimum absolute atomic E-state index is 0.459. The smallest absolute Gasteiger partial charge is 0.212 e. The molecule has 1 aliphatic carbocycles. The molecule has 0 radical (unpaired) electrons. The normalized spacial score (nSPS) is 16.0. The van der Waals surface area contributed by atoms with E-state index in [2.05, 4.69) is 21.2 Å². The Labute approximate surface area is 176 Å². The Morgan fingerprint density at radius 3 is 2.76 bits per heavy atom. The van der Waals surface area contributed by atoms with Gasteiger partial charge in [0, 0.05) is 33.8 Å². The first kappa shape index (κ1) is 17.1. The van der Waals surface area contributed by atoms with Gasteiger partial charge in [0.05, 0.1) is 11.4 Å². The molecule has 0 spiro atoms. The first-order valence-electron chi connectivity index (χ1n) is 9.44. The van der Waals surface area contributed by atoms with E-state index in [9.17, 15) is 0 Å². The fourth-order valence-corrected chi connectivity index (χ4v) is 4.51. The Morgan fingerprint density at radius 2 is 1.93 bits per heavy atom. The Kier molecular flexibility index (Phi) is 3.92. The van der Waals surface area contributed by atoms with Gasteiger partial charge in [-0.05, 0) is 48.7 Å². The van der Waals surface area contributed by atoms with Gasteiger partial charge in [0.1, 0.15) is 0 Å². The lowest BCUT2D eigenvalue weighted by atomic mass is 10.1. The van der Waals surface area contributed by atoms with Gasteiger partial charge >= 0.3 is 0 Å². The average molecular weight is 419 g/mol. The second kappa shape index (κ2) is 6.64. The van der Waals surface area contributed by atoms with Crippen LogP contribution in [0.2, 0.25) is 5.02 Å². The fraction of sp³-hybridized carbons (Fsp3) is 0.190. The number of thioether (sulfide) groups is 1. The highest BCUT2D eigenvalue weighted by Gasteiger charge is 2.31. The zero-order valence-electron chi connectivity index (χ0n) is 15.3. The van der Waals surface area contributed by atoms with Gasteiger partial charge in [0.2, 0.25) is 5.16 Å². The molecule has 4 heterocycles. The van der Waals surface area contributed by atoms with E-state index in [1.54, 1.807) is 18.0 Å². The quantitative estimate of drug-likeness (QED) is 0.479. The maximum absolute atomic E-state index is 6.04. The molecule has 0 N–H and O–H groups in total. The van der Waals surface area contributed by atoms with Crippen molar-refractivity contribution in [2.24, 2.45) is 5.10 Å². The van der Waals surface area contributed by atoms with Crippen LogP contribution in [0.3, 0.4) is 0 Å². The van der Waals surface area contributed by atoms with E-state index in [0.29, 0.717) is 10.9 Å². The summed E-state index contributed by atoms with van der Waals surface area (Å²) in [6.45, 7) is 0. The van der Waals surface area contributed by atoms with Crippen molar-refractivity contribution >= 4 is 40.1 Å². The molecule has 0 saturated heterocycles. The molecule has 1 fully saturated rings. The van der Waals surface area contributed by atoms with E-state index < -0.39 is 0 Å². The Morgan fingerprint density at radius 1 is 1.07 bits per heavy atom. The second-order valence-corrected chi connectivity index (χ2v) is 8.58.